The summed E-state index contributed by atoms with van der Waals surface area (Å²) in [6, 6.07) is 5.88. The second-order valence-corrected chi connectivity index (χ2v) is 8.54. The Morgan fingerprint density at radius 1 is 1.07 bits per heavy atom. The lowest BCUT2D eigenvalue weighted by Crippen LogP contribution is -2.54. The molecule has 0 radical (unpaired) electrons. The number of benzene rings is 1. The Hall–Kier alpha value is -2.11. The smallest absolute Gasteiger partial charge is 0.239 e. The van der Waals surface area contributed by atoms with Crippen molar-refractivity contribution in [3.05, 3.63) is 30.1 Å². The zero-order valence-electron chi connectivity index (χ0n) is 15.5. The molecule has 4 aliphatic carbocycles. The predicted octanol–water partition coefficient (Wildman–Crippen LogP) is 2.65. The molecule has 0 unspecified atom stereocenters. The van der Waals surface area contributed by atoms with Crippen LogP contribution in [0.4, 0.5) is 4.39 Å². The number of carbonyl (C=O) groups excluding carboxylic acids is 2. The summed E-state index contributed by atoms with van der Waals surface area (Å²) in [5.74, 6) is 2.02. The van der Waals surface area contributed by atoms with Gasteiger partial charge in [-0.3, -0.25) is 9.59 Å². The van der Waals surface area contributed by atoms with Gasteiger partial charge in [-0.05, 0) is 68.4 Å². The topological polar surface area (TPSA) is 67.4 Å². The molecule has 0 aromatic heterocycles. The summed E-state index contributed by atoms with van der Waals surface area (Å²) in [6.45, 7) is 0.557. The highest BCUT2D eigenvalue weighted by molar-refractivity contribution is 5.88. The van der Waals surface area contributed by atoms with Crippen molar-refractivity contribution in [1.29, 1.82) is 0 Å². The molecule has 4 bridgehead atoms. The van der Waals surface area contributed by atoms with E-state index < -0.39 is 0 Å². The molecule has 0 saturated heterocycles. The monoisotopic (exact) mass is 374 g/mol. The van der Waals surface area contributed by atoms with Gasteiger partial charge in [-0.2, -0.15) is 0 Å². The molecule has 6 heteroatoms. The largest absolute Gasteiger partial charge is 0.492 e. The Morgan fingerprint density at radius 2 is 1.74 bits per heavy atom. The van der Waals surface area contributed by atoms with Gasteiger partial charge in [-0.1, -0.05) is 6.07 Å². The Morgan fingerprint density at radius 3 is 2.37 bits per heavy atom. The van der Waals surface area contributed by atoms with Gasteiger partial charge in [0.1, 0.15) is 18.2 Å². The van der Waals surface area contributed by atoms with Crippen LogP contribution in [0.1, 0.15) is 38.5 Å². The normalized spacial score (nSPS) is 30.8. The SMILES string of the molecule is O=C(CNC(=O)C12CC3CC(CC(C3)C1)C2)NCCOc1cccc(F)c1. The zero-order valence-corrected chi connectivity index (χ0v) is 15.5. The van der Waals surface area contributed by atoms with Crippen LogP contribution in [0.15, 0.2) is 24.3 Å². The Bertz CT molecular complexity index is 686. The first-order valence-electron chi connectivity index (χ1n) is 9.96. The van der Waals surface area contributed by atoms with E-state index in [1.54, 1.807) is 12.1 Å². The molecule has 2 N–H and O–H groups in total. The second-order valence-electron chi connectivity index (χ2n) is 8.54. The van der Waals surface area contributed by atoms with Crippen LogP contribution in [0, 0.1) is 29.0 Å². The highest BCUT2D eigenvalue weighted by Gasteiger charge is 2.54. The van der Waals surface area contributed by atoms with Gasteiger partial charge in [-0.15, -0.1) is 0 Å². The number of halogens is 1. The quantitative estimate of drug-likeness (QED) is 0.721. The van der Waals surface area contributed by atoms with E-state index in [9.17, 15) is 14.0 Å². The summed E-state index contributed by atoms with van der Waals surface area (Å²) >= 11 is 0. The van der Waals surface area contributed by atoms with Gasteiger partial charge in [-0.25, -0.2) is 4.39 Å². The van der Waals surface area contributed by atoms with Crippen LogP contribution in [-0.2, 0) is 9.59 Å². The van der Waals surface area contributed by atoms with Gasteiger partial charge in [0, 0.05) is 11.5 Å². The highest BCUT2D eigenvalue weighted by atomic mass is 19.1. The first kappa shape index (κ1) is 18.3. The molecule has 146 valence electrons. The van der Waals surface area contributed by atoms with E-state index in [4.69, 9.17) is 4.74 Å². The number of amides is 2. The van der Waals surface area contributed by atoms with Crippen LogP contribution >= 0.6 is 0 Å². The molecule has 5 rings (SSSR count). The molecule has 2 amide bonds. The van der Waals surface area contributed by atoms with Crippen LogP contribution in [-0.4, -0.2) is 31.5 Å². The summed E-state index contributed by atoms with van der Waals surface area (Å²) in [4.78, 5) is 24.8. The molecule has 1 aromatic rings. The van der Waals surface area contributed by atoms with E-state index in [0.29, 0.717) is 30.0 Å². The van der Waals surface area contributed by atoms with Crippen molar-refractivity contribution in [3.63, 3.8) is 0 Å². The fourth-order valence-electron chi connectivity index (χ4n) is 5.72. The molecule has 0 spiro atoms. The fraction of sp³-hybridized carbons (Fsp3) is 0.619. The van der Waals surface area contributed by atoms with Gasteiger partial charge in [0.05, 0.1) is 13.1 Å². The maximum Gasteiger partial charge on any atom is 0.239 e. The fourth-order valence-corrected chi connectivity index (χ4v) is 5.72. The standard InChI is InChI=1S/C21H27FN2O3/c22-17-2-1-3-18(9-17)27-5-4-23-19(25)13-24-20(26)21-10-14-6-15(11-21)8-16(7-14)12-21/h1-3,9,14-16H,4-8,10-13H2,(H,23,25)(H,24,26). The number of rotatable bonds is 7. The lowest BCUT2D eigenvalue weighted by atomic mass is 9.49. The Balaban J connectivity index is 1.18. The van der Waals surface area contributed by atoms with Crippen LogP contribution in [0.2, 0.25) is 0 Å². The van der Waals surface area contributed by atoms with E-state index in [-0.39, 0.29) is 36.2 Å². The van der Waals surface area contributed by atoms with Crippen molar-refractivity contribution < 1.29 is 18.7 Å². The van der Waals surface area contributed by atoms with Crippen molar-refractivity contribution in [3.8, 4) is 5.75 Å². The lowest BCUT2D eigenvalue weighted by molar-refractivity contribution is -0.147. The van der Waals surface area contributed by atoms with Crippen molar-refractivity contribution in [2.45, 2.75) is 38.5 Å². The van der Waals surface area contributed by atoms with Gasteiger partial charge in [0.2, 0.25) is 11.8 Å². The van der Waals surface area contributed by atoms with Crippen LogP contribution < -0.4 is 15.4 Å². The second kappa shape index (κ2) is 7.49. The van der Waals surface area contributed by atoms with E-state index >= 15 is 0 Å². The molecular formula is C21H27FN2O3. The molecular weight excluding hydrogens is 347 g/mol. The molecule has 0 aliphatic heterocycles. The van der Waals surface area contributed by atoms with Crippen molar-refractivity contribution >= 4 is 11.8 Å². The highest BCUT2D eigenvalue weighted by Crippen LogP contribution is 2.60. The van der Waals surface area contributed by atoms with Gasteiger partial charge in [0.25, 0.3) is 0 Å². The molecule has 5 nitrogen and oxygen atoms in total. The third-order valence-corrected chi connectivity index (χ3v) is 6.42. The molecule has 1 aromatic carbocycles. The predicted molar refractivity (Wildman–Crippen MR) is 98.5 cm³/mol. The first-order chi connectivity index (χ1) is 13.0. The zero-order chi connectivity index (χ0) is 18.9. The summed E-state index contributed by atoms with van der Waals surface area (Å²) in [7, 11) is 0. The van der Waals surface area contributed by atoms with E-state index in [1.165, 1.54) is 31.4 Å². The Labute approximate surface area is 159 Å². The van der Waals surface area contributed by atoms with Crippen LogP contribution in [0.3, 0.4) is 0 Å². The maximum atomic E-state index is 13.1. The van der Waals surface area contributed by atoms with Crippen LogP contribution in [0.25, 0.3) is 0 Å². The van der Waals surface area contributed by atoms with Crippen molar-refractivity contribution in [2.24, 2.45) is 23.2 Å². The molecule has 4 aliphatic rings. The Kier molecular flexibility index (Phi) is 5.06. The van der Waals surface area contributed by atoms with Crippen molar-refractivity contribution in [2.75, 3.05) is 19.7 Å². The minimum absolute atomic E-state index is 0.000544. The summed E-state index contributed by atoms with van der Waals surface area (Å²) < 4.78 is 18.4. The van der Waals surface area contributed by atoms with E-state index in [2.05, 4.69) is 10.6 Å². The summed E-state index contributed by atoms with van der Waals surface area (Å²) in [5, 5.41) is 5.59. The number of carbonyl (C=O) groups is 2. The third-order valence-electron chi connectivity index (χ3n) is 6.42. The minimum Gasteiger partial charge on any atom is -0.492 e. The number of hydrogen-bond donors (Lipinski definition) is 2. The van der Waals surface area contributed by atoms with Gasteiger partial charge in [0.15, 0.2) is 0 Å². The first-order valence-corrected chi connectivity index (χ1v) is 9.96. The molecule has 0 atom stereocenters. The van der Waals surface area contributed by atoms with Gasteiger partial charge < -0.3 is 15.4 Å². The number of nitrogens with one attached hydrogen (secondary N) is 2. The van der Waals surface area contributed by atoms with E-state index in [0.717, 1.165) is 19.3 Å². The minimum atomic E-state index is -0.357. The van der Waals surface area contributed by atoms with Crippen LogP contribution in [0.5, 0.6) is 5.75 Å². The van der Waals surface area contributed by atoms with Crippen molar-refractivity contribution in [1.82, 2.24) is 10.6 Å². The average Bonchev–Trinajstić information content (AvgIpc) is 2.62. The van der Waals surface area contributed by atoms with Gasteiger partial charge >= 0.3 is 0 Å². The van der Waals surface area contributed by atoms with E-state index in [1.807, 2.05) is 0 Å². The number of ether oxygens (including phenoxy) is 1. The molecule has 4 saturated carbocycles. The average molecular weight is 374 g/mol. The molecule has 27 heavy (non-hydrogen) atoms. The third kappa shape index (κ3) is 4.09. The summed E-state index contributed by atoms with van der Waals surface area (Å²) in [6.07, 6.45) is 6.85. The molecule has 4 fully saturated rings. The lowest BCUT2D eigenvalue weighted by Gasteiger charge is -2.55. The molecule has 0 heterocycles. The number of hydrogen-bond acceptors (Lipinski definition) is 3. The summed E-state index contributed by atoms with van der Waals surface area (Å²) in [5.41, 5.74) is -0.227. The maximum absolute atomic E-state index is 13.1.